The van der Waals surface area contributed by atoms with Gasteiger partial charge in [0, 0.05) is 9.90 Å². The molecule has 0 aliphatic carbocycles. The van der Waals surface area contributed by atoms with Crippen molar-refractivity contribution in [3.05, 3.63) is 62.8 Å². The first-order valence-electron chi connectivity index (χ1n) is 6.83. The predicted molar refractivity (Wildman–Crippen MR) is 86.6 cm³/mol. The van der Waals surface area contributed by atoms with Crippen molar-refractivity contribution < 1.29 is 0 Å². The zero-order valence-electron chi connectivity index (χ0n) is 11.3. The van der Waals surface area contributed by atoms with Gasteiger partial charge in [0.15, 0.2) is 0 Å². The number of hydrazine groups is 1. The van der Waals surface area contributed by atoms with Gasteiger partial charge in [-0.3, -0.25) is 0 Å². The average Bonchev–Trinajstić information content (AvgIpc) is 3.09. The van der Waals surface area contributed by atoms with Crippen LogP contribution in [0.3, 0.4) is 0 Å². The summed E-state index contributed by atoms with van der Waals surface area (Å²) in [5, 5.41) is 2.90. The zero-order valence-corrected chi connectivity index (χ0v) is 12.9. The van der Waals surface area contributed by atoms with Crippen molar-refractivity contribution in [2.75, 3.05) is 0 Å². The molecule has 0 spiro atoms. The van der Waals surface area contributed by atoms with Crippen LogP contribution in [0.25, 0.3) is 5.70 Å². The normalized spacial score (nSPS) is 18.4. The molecule has 2 heterocycles. The van der Waals surface area contributed by atoms with E-state index in [1.807, 2.05) is 12.1 Å². The lowest BCUT2D eigenvalue weighted by Crippen LogP contribution is -2.26. The van der Waals surface area contributed by atoms with E-state index in [1.54, 1.807) is 11.3 Å². The van der Waals surface area contributed by atoms with Gasteiger partial charge < -0.3 is 5.43 Å². The monoisotopic (exact) mass is 304 g/mol. The zero-order chi connectivity index (χ0) is 13.9. The Hall–Kier alpha value is -1.29. The van der Waals surface area contributed by atoms with E-state index in [2.05, 4.69) is 47.4 Å². The third kappa shape index (κ3) is 2.62. The van der Waals surface area contributed by atoms with Crippen LogP contribution >= 0.6 is 22.9 Å². The van der Waals surface area contributed by atoms with Crippen molar-refractivity contribution in [3.8, 4) is 0 Å². The fourth-order valence-corrected chi connectivity index (χ4v) is 3.50. The topological polar surface area (TPSA) is 24.1 Å². The third-order valence-electron chi connectivity index (χ3n) is 3.49. The van der Waals surface area contributed by atoms with Gasteiger partial charge in [0.1, 0.15) is 0 Å². The molecule has 1 atom stereocenters. The highest BCUT2D eigenvalue weighted by molar-refractivity contribution is 7.10. The van der Waals surface area contributed by atoms with Gasteiger partial charge in [-0.25, -0.2) is 5.43 Å². The Labute approximate surface area is 128 Å². The Morgan fingerprint density at radius 1 is 1.20 bits per heavy atom. The van der Waals surface area contributed by atoms with Crippen LogP contribution in [0.1, 0.15) is 36.2 Å². The first kappa shape index (κ1) is 13.7. The van der Waals surface area contributed by atoms with E-state index in [4.69, 9.17) is 11.6 Å². The van der Waals surface area contributed by atoms with E-state index in [0.717, 1.165) is 17.9 Å². The number of thiophene rings is 1. The van der Waals surface area contributed by atoms with Gasteiger partial charge in [-0.05, 0) is 41.1 Å². The predicted octanol–water partition coefficient (Wildman–Crippen LogP) is 4.76. The molecule has 1 aliphatic rings. The van der Waals surface area contributed by atoms with Crippen molar-refractivity contribution in [3.63, 3.8) is 0 Å². The van der Waals surface area contributed by atoms with E-state index < -0.39 is 0 Å². The van der Waals surface area contributed by atoms with E-state index >= 15 is 0 Å². The second-order valence-electron chi connectivity index (χ2n) is 4.87. The van der Waals surface area contributed by atoms with Gasteiger partial charge in [0.05, 0.1) is 11.7 Å². The van der Waals surface area contributed by atoms with Crippen molar-refractivity contribution in [1.82, 2.24) is 10.9 Å². The summed E-state index contributed by atoms with van der Waals surface area (Å²) in [6.07, 6.45) is 2.22. The molecule has 0 bridgehead atoms. The molecular formula is C16H17ClN2S. The van der Waals surface area contributed by atoms with Crippen molar-refractivity contribution in [2.45, 2.75) is 25.8 Å². The Bertz CT molecular complexity index is 602. The van der Waals surface area contributed by atoms with Gasteiger partial charge >= 0.3 is 0 Å². The molecule has 2 N–H and O–H groups in total. The summed E-state index contributed by atoms with van der Waals surface area (Å²) in [5.41, 5.74) is 10.6. The summed E-state index contributed by atoms with van der Waals surface area (Å²) in [7, 11) is 0. The number of benzene rings is 1. The van der Waals surface area contributed by atoms with Crippen LogP contribution in [0.2, 0.25) is 5.02 Å². The number of hydrogen-bond acceptors (Lipinski definition) is 3. The lowest BCUT2D eigenvalue weighted by Gasteiger charge is -2.12. The highest BCUT2D eigenvalue weighted by Crippen LogP contribution is 2.36. The molecule has 3 rings (SSSR count). The van der Waals surface area contributed by atoms with Gasteiger partial charge in [0.2, 0.25) is 0 Å². The SMILES string of the molecule is CCCC1=C(c2ccc(Cl)cc2)NNC1c1cccs1. The molecule has 1 unspecified atom stereocenters. The minimum absolute atomic E-state index is 0.278. The highest BCUT2D eigenvalue weighted by Gasteiger charge is 2.26. The summed E-state index contributed by atoms with van der Waals surface area (Å²) in [6.45, 7) is 2.22. The van der Waals surface area contributed by atoms with Gasteiger partial charge in [-0.1, -0.05) is 43.1 Å². The van der Waals surface area contributed by atoms with Crippen molar-refractivity contribution in [2.24, 2.45) is 0 Å². The number of hydrogen-bond donors (Lipinski definition) is 2. The molecule has 1 aromatic heterocycles. The molecule has 0 amide bonds. The summed E-state index contributed by atoms with van der Waals surface area (Å²) in [5.74, 6) is 0. The molecule has 0 fully saturated rings. The maximum atomic E-state index is 5.98. The van der Waals surface area contributed by atoms with Crippen LogP contribution in [0.5, 0.6) is 0 Å². The molecule has 2 aromatic rings. The van der Waals surface area contributed by atoms with Gasteiger partial charge in [-0.2, -0.15) is 0 Å². The van der Waals surface area contributed by atoms with Crippen molar-refractivity contribution in [1.29, 1.82) is 0 Å². The first-order valence-corrected chi connectivity index (χ1v) is 8.09. The summed E-state index contributed by atoms with van der Waals surface area (Å²) >= 11 is 7.77. The second-order valence-corrected chi connectivity index (χ2v) is 6.29. The molecule has 2 nitrogen and oxygen atoms in total. The summed E-state index contributed by atoms with van der Waals surface area (Å²) in [4.78, 5) is 1.35. The molecule has 1 aliphatic heterocycles. The molecular weight excluding hydrogens is 288 g/mol. The van der Waals surface area contributed by atoms with Crippen LogP contribution in [-0.4, -0.2) is 0 Å². The number of nitrogens with one attached hydrogen (secondary N) is 2. The van der Waals surface area contributed by atoms with E-state index in [9.17, 15) is 0 Å². The Kier molecular flexibility index (Phi) is 4.10. The highest BCUT2D eigenvalue weighted by atomic mass is 35.5. The Morgan fingerprint density at radius 3 is 2.65 bits per heavy atom. The van der Waals surface area contributed by atoms with Crippen LogP contribution < -0.4 is 10.9 Å². The van der Waals surface area contributed by atoms with Crippen LogP contribution in [0, 0.1) is 0 Å². The molecule has 104 valence electrons. The van der Waals surface area contributed by atoms with Gasteiger partial charge in [-0.15, -0.1) is 11.3 Å². The molecule has 0 radical (unpaired) electrons. The molecule has 20 heavy (non-hydrogen) atoms. The van der Waals surface area contributed by atoms with Crippen molar-refractivity contribution >= 4 is 28.6 Å². The number of halogens is 1. The summed E-state index contributed by atoms with van der Waals surface area (Å²) < 4.78 is 0. The minimum Gasteiger partial charge on any atom is -0.320 e. The van der Waals surface area contributed by atoms with E-state index in [-0.39, 0.29) is 6.04 Å². The molecule has 0 saturated heterocycles. The second kappa shape index (κ2) is 6.00. The average molecular weight is 305 g/mol. The Balaban J connectivity index is 1.99. The quantitative estimate of drug-likeness (QED) is 0.851. The maximum Gasteiger partial charge on any atom is 0.0835 e. The fraction of sp³-hybridized carbons (Fsp3) is 0.250. The van der Waals surface area contributed by atoms with Gasteiger partial charge in [0.25, 0.3) is 0 Å². The minimum atomic E-state index is 0.278. The summed E-state index contributed by atoms with van der Waals surface area (Å²) in [6, 6.07) is 12.6. The molecule has 1 aromatic carbocycles. The van der Waals surface area contributed by atoms with Crippen LogP contribution in [-0.2, 0) is 0 Å². The smallest absolute Gasteiger partial charge is 0.0835 e. The van der Waals surface area contributed by atoms with E-state index in [0.29, 0.717) is 0 Å². The Morgan fingerprint density at radius 2 is 2.00 bits per heavy atom. The lowest BCUT2D eigenvalue weighted by atomic mass is 9.97. The number of rotatable bonds is 4. The lowest BCUT2D eigenvalue weighted by molar-refractivity contribution is 0.595. The van der Waals surface area contributed by atoms with E-state index in [1.165, 1.54) is 21.7 Å². The van der Waals surface area contributed by atoms with Crippen LogP contribution in [0.4, 0.5) is 0 Å². The largest absolute Gasteiger partial charge is 0.320 e. The first-order chi connectivity index (χ1) is 9.79. The molecule has 4 heteroatoms. The maximum absolute atomic E-state index is 5.98. The van der Waals surface area contributed by atoms with Crippen LogP contribution in [0.15, 0.2) is 47.4 Å². The standard InChI is InChI=1S/C16H17ClN2S/c1-2-4-13-15(11-6-8-12(17)9-7-11)18-19-16(13)14-5-3-10-20-14/h3,5-10,16,18-19H,2,4H2,1H3. The fourth-order valence-electron chi connectivity index (χ4n) is 2.57. The third-order valence-corrected chi connectivity index (χ3v) is 4.68. The molecule has 0 saturated carbocycles.